The van der Waals surface area contributed by atoms with Crippen LogP contribution in [-0.2, 0) is 36.8 Å². The van der Waals surface area contributed by atoms with Gasteiger partial charge in [-0.3, -0.25) is 19.2 Å². The molecule has 4 atom stereocenters. The van der Waals surface area contributed by atoms with Crippen molar-refractivity contribution in [2.45, 2.75) is 63.7 Å². The molecule has 0 aromatic heterocycles. The maximum absolute atomic E-state index is 13.4. The molecule has 40 heavy (non-hydrogen) atoms. The smallest absolute Gasteiger partial charge is 0.326 e. The van der Waals surface area contributed by atoms with Gasteiger partial charge in [-0.05, 0) is 35.6 Å². The first-order valence-electron chi connectivity index (χ1n) is 12.9. The molecule has 2 aromatic rings. The highest BCUT2D eigenvalue weighted by molar-refractivity contribution is 5.94. The number of phenols is 1. The first kappa shape index (κ1) is 31.8. The highest BCUT2D eigenvalue weighted by atomic mass is 16.4. The van der Waals surface area contributed by atoms with Crippen LogP contribution in [0.5, 0.6) is 5.75 Å². The number of amides is 4. The average Bonchev–Trinajstić information content (AvgIpc) is 2.90. The van der Waals surface area contributed by atoms with E-state index in [1.54, 1.807) is 56.3 Å². The van der Waals surface area contributed by atoms with E-state index in [4.69, 9.17) is 11.5 Å². The molecule has 216 valence electrons. The molecule has 4 amide bonds. The molecule has 0 fully saturated rings. The van der Waals surface area contributed by atoms with Gasteiger partial charge in [0.05, 0.1) is 6.04 Å². The van der Waals surface area contributed by atoms with Crippen LogP contribution in [0.15, 0.2) is 54.6 Å². The van der Waals surface area contributed by atoms with Gasteiger partial charge in [-0.1, -0.05) is 56.3 Å². The van der Waals surface area contributed by atoms with Gasteiger partial charge in [0.15, 0.2) is 0 Å². The fourth-order valence-corrected chi connectivity index (χ4v) is 3.88. The Morgan fingerprint density at radius 2 is 1.32 bits per heavy atom. The van der Waals surface area contributed by atoms with Crippen molar-refractivity contribution >= 4 is 29.6 Å². The van der Waals surface area contributed by atoms with Gasteiger partial charge in [-0.15, -0.1) is 0 Å². The summed E-state index contributed by atoms with van der Waals surface area (Å²) >= 11 is 0. The molecule has 12 nitrogen and oxygen atoms in total. The summed E-state index contributed by atoms with van der Waals surface area (Å²) in [5.41, 5.74) is 12.3. The van der Waals surface area contributed by atoms with Crippen molar-refractivity contribution in [2.75, 3.05) is 0 Å². The number of aliphatic carboxylic acids is 1. The molecule has 2 aromatic carbocycles. The summed E-state index contributed by atoms with van der Waals surface area (Å²) in [7, 11) is 0. The number of phenolic OH excluding ortho intramolecular Hbond substituents is 1. The lowest BCUT2D eigenvalue weighted by Crippen LogP contribution is -2.59. The lowest BCUT2D eigenvalue weighted by atomic mass is 9.99. The largest absolute Gasteiger partial charge is 0.508 e. The number of benzene rings is 2. The zero-order valence-electron chi connectivity index (χ0n) is 22.5. The Morgan fingerprint density at radius 3 is 1.88 bits per heavy atom. The fraction of sp³-hybridized carbons (Fsp3) is 0.393. The Kier molecular flexibility index (Phi) is 12.1. The molecule has 12 heteroatoms. The second-order valence-electron chi connectivity index (χ2n) is 9.86. The van der Waals surface area contributed by atoms with E-state index in [2.05, 4.69) is 16.0 Å². The molecule has 0 aliphatic heterocycles. The molecule has 0 heterocycles. The molecular formula is C28H37N5O7. The normalized spacial score (nSPS) is 13.9. The van der Waals surface area contributed by atoms with Crippen molar-refractivity contribution in [1.29, 1.82) is 0 Å². The molecule has 0 aliphatic carbocycles. The maximum Gasteiger partial charge on any atom is 0.326 e. The minimum absolute atomic E-state index is 0.00140. The van der Waals surface area contributed by atoms with Crippen LogP contribution in [0, 0.1) is 5.92 Å². The van der Waals surface area contributed by atoms with E-state index < -0.39 is 59.7 Å². The molecular weight excluding hydrogens is 518 g/mol. The molecule has 0 saturated carbocycles. The van der Waals surface area contributed by atoms with Gasteiger partial charge in [0.25, 0.3) is 0 Å². The molecule has 0 bridgehead atoms. The van der Waals surface area contributed by atoms with Crippen molar-refractivity contribution in [1.82, 2.24) is 16.0 Å². The molecule has 0 aliphatic rings. The Hall–Kier alpha value is -4.45. The molecule has 0 saturated heterocycles. The Labute approximate surface area is 232 Å². The third-order valence-corrected chi connectivity index (χ3v) is 6.19. The van der Waals surface area contributed by atoms with E-state index in [9.17, 15) is 34.2 Å². The Balaban J connectivity index is 2.20. The fourth-order valence-electron chi connectivity index (χ4n) is 3.88. The van der Waals surface area contributed by atoms with Crippen molar-refractivity contribution in [3.63, 3.8) is 0 Å². The second kappa shape index (κ2) is 15.2. The number of nitrogens with two attached hydrogens (primary N) is 2. The van der Waals surface area contributed by atoms with Crippen LogP contribution in [0.4, 0.5) is 0 Å². The number of carboxylic acids is 1. The van der Waals surface area contributed by atoms with Crippen molar-refractivity contribution in [3.8, 4) is 5.75 Å². The highest BCUT2D eigenvalue weighted by Crippen LogP contribution is 2.13. The number of nitrogens with one attached hydrogen (secondary N) is 3. The van der Waals surface area contributed by atoms with Gasteiger partial charge < -0.3 is 37.6 Å². The van der Waals surface area contributed by atoms with Gasteiger partial charge in [-0.25, -0.2) is 4.79 Å². The van der Waals surface area contributed by atoms with E-state index in [1.165, 1.54) is 12.1 Å². The molecule has 9 N–H and O–H groups in total. The van der Waals surface area contributed by atoms with Crippen molar-refractivity contribution in [3.05, 3.63) is 65.7 Å². The first-order valence-corrected chi connectivity index (χ1v) is 12.9. The molecule has 0 radical (unpaired) electrons. The third-order valence-electron chi connectivity index (χ3n) is 6.19. The number of hydrogen-bond acceptors (Lipinski definition) is 7. The van der Waals surface area contributed by atoms with Crippen LogP contribution in [0.2, 0.25) is 0 Å². The number of primary amides is 1. The van der Waals surface area contributed by atoms with Crippen molar-refractivity contribution in [2.24, 2.45) is 17.4 Å². The standard InChI is InChI=1S/C28H37N5O7/c1-16(2)24(27(38)32-22(28(39)40)15-17-6-4-3-5-7-17)33-26(37)21(14-18-8-10-19(34)11-9-18)31-25(36)20(29)12-13-23(30)35/h3-11,16,20-22,24,34H,12-15,29H2,1-2H3,(H2,30,35)(H,31,36)(H,32,38)(H,33,37)(H,39,40). The summed E-state index contributed by atoms with van der Waals surface area (Å²) in [6, 6.07) is 10.2. The summed E-state index contributed by atoms with van der Waals surface area (Å²) in [6.45, 7) is 3.37. The quantitative estimate of drug-likeness (QED) is 0.158. The van der Waals surface area contributed by atoms with E-state index in [-0.39, 0.29) is 31.4 Å². The molecule has 4 unspecified atom stereocenters. The van der Waals surface area contributed by atoms with E-state index in [1.807, 2.05) is 0 Å². The highest BCUT2D eigenvalue weighted by Gasteiger charge is 2.32. The summed E-state index contributed by atoms with van der Waals surface area (Å²) in [4.78, 5) is 62.2. The predicted molar refractivity (Wildman–Crippen MR) is 147 cm³/mol. The zero-order valence-corrected chi connectivity index (χ0v) is 22.5. The summed E-state index contributed by atoms with van der Waals surface area (Å²) < 4.78 is 0. The number of aromatic hydroxyl groups is 1. The van der Waals surface area contributed by atoms with Gasteiger partial charge in [0, 0.05) is 19.3 Å². The number of carboxylic acid groups (broad SMARTS) is 1. The van der Waals surface area contributed by atoms with E-state index in [0.717, 1.165) is 0 Å². The van der Waals surface area contributed by atoms with Gasteiger partial charge in [0.2, 0.25) is 23.6 Å². The van der Waals surface area contributed by atoms with Crippen LogP contribution < -0.4 is 27.4 Å². The summed E-state index contributed by atoms with van der Waals surface area (Å²) in [6.07, 6.45) is -0.0988. The summed E-state index contributed by atoms with van der Waals surface area (Å²) in [5.74, 6) is -4.36. The average molecular weight is 556 g/mol. The Morgan fingerprint density at radius 1 is 0.775 bits per heavy atom. The number of hydrogen-bond donors (Lipinski definition) is 7. The van der Waals surface area contributed by atoms with Crippen LogP contribution in [0.3, 0.4) is 0 Å². The number of carbonyl (C=O) groups excluding carboxylic acids is 4. The minimum atomic E-state index is -1.23. The van der Waals surface area contributed by atoms with E-state index in [0.29, 0.717) is 11.1 Å². The minimum Gasteiger partial charge on any atom is -0.508 e. The zero-order chi connectivity index (χ0) is 29.8. The van der Waals surface area contributed by atoms with Gasteiger partial charge >= 0.3 is 5.97 Å². The van der Waals surface area contributed by atoms with Crippen LogP contribution in [-0.4, -0.2) is 64.0 Å². The van der Waals surface area contributed by atoms with Gasteiger partial charge in [0.1, 0.15) is 23.9 Å². The Bertz CT molecular complexity index is 1170. The van der Waals surface area contributed by atoms with E-state index >= 15 is 0 Å². The predicted octanol–water partition coefficient (Wildman–Crippen LogP) is -0.0348. The first-order chi connectivity index (χ1) is 18.9. The SMILES string of the molecule is CC(C)C(NC(=O)C(Cc1ccc(O)cc1)NC(=O)C(N)CCC(N)=O)C(=O)NC(Cc1ccccc1)C(=O)O. The van der Waals surface area contributed by atoms with Crippen molar-refractivity contribution < 1.29 is 34.2 Å². The number of rotatable bonds is 15. The van der Waals surface area contributed by atoms with Crippen LogP contribution in [0.25, 0.3) is 0 Å². The van der Waals surface area contributed by atoms with Crippen LogP contribution in [0.1, 0.15) is 37.8 Å². The van der Waals surface area contributed by atoms with Crippen LogP contribution >= 0.6 is 0 Å². The topological polar surface area (TPSA) is 214 Å². The lowest BCUT2D eigenvalue weighted by Gasteiger charge is -2.27. The third kappa shape index (κ3) is 10.4. The molecule has 0 spiro atoms. The second-order valence-corrected chi connectivity index (χ2v) is 9.86. The summed E-state index contributed by atoms with van der Waals surface area (Å²) in [5, 5.41) is 26.9. The molecule has 2 rings (SSSR count). The maximum atomic E-state index is 13.4. The number of carbonyl (C=O) groups is 5. The monoisotopic (exact) mass is 555 g/mol. The lowest BCUT2D eigenvalue weighted by molar-refractivity contribution is -0.142. The van der Waals surface area contributed by atoms with Gasteiger partial charge in [-0.2, -0.15) is 0 Å².